The summed E-state index contributed by atoms with van der Waals surface area (Å²) < 4.78 is 5.38. The van der Waals surface area contributed by atoms with Crippen LogP contribution >= 0.6 is 0 Å². The zero-order chi connectivity index (χ0) is 12.1. The first kappa shape index (κ1) is 13.3. The fourth-order valence-electron chi connectivity index (χ4n) is 3.24. The van der Waals surface area contributed by atoms with E-state index in [1.165, 1.54) is 32.1 Å². The minimum atomic E-state index is 0.714. The molecular formula is C14H28N2O. The zero-order valence-electron chi connectivity index (χ0n) is 11.5. The average Bonchev–Trinajstić information content (AvgIpc) is 2.30. The number of ether oxygens (including phenoxy) is 1. The van der Waals surface area contributed by atoms with Crippen LogP contribution in [0.4, 0.5) is 0 Å². The highest BCUT2D eigenvalue weighted by atomic mass is 16.5. The molecule has 1 N–H and O–H groups in total. The van der Waals surface area contributed by atoms with Gasteiger partial charge < -0.3 is 4.74 Å². The molecule has 0 spiro atoms. The molecule has 2 atom stereocenters. The predicted octanol–water partition coefficient (Wildman–Crippen LogP) is 2.43. The molecule has 0 bridgehead atoms. The number of rotatable bonds is 4. The maximum absolute atomic E-state index is 5.38. The maximum atomic E-state index is 5.38. The van der Waals surface area contributed by atoms with Crippen molar-refractivity contribution in [1.29, 1.82) is 0 Å². The summed E-state index contributed by atoms with van der Waals surface area (Å²) in [7, 11) is 0. The summed E-state index contributed by atoms with van der Waals surface area (Å²) in [4.78, 5) is 0. The molecule has 2 fully saturated rings. The van der Waals surface area contributed by atoms with Crippen molar-refractivity contribution in [2.45, 2.75) is 52.0 Å². The molecular weight excluding hydrogens is 212 g/mol. The van der Waals surface area contributed by atoms with Gasteiger partial charge in [-0.3, -0.25) is 5.43 Å². The minimum Gasteiger partial charge on any atom is -0.379 e. The molecule has 17 heavy (non-hydrogen) atoms. The second-order valence-electron chi connectivity index (χ2n) is 6.09. The van der Waals surface area contributed by atoms with Crippen molar-refractivity contribution in [2.24, 2.45) is 11.8 Å². The molecule has 1 aliphatic carbocycles. The molecule has 3 nitrogen and oxygen atoms in total. The van der Waals surface area contributed by atoms with E-state index < -0.39 is 0 Å². The summed E-state index contributed by atoms with van der Waals surface area (Å²) in [6.07, 6.45) is 6.97. The quantitative estimate of drug-likeness (QED) is 0.817. The summed E-state index contributed by atoms with van der Waals surface area (Å²) in [6, 6.07) is 0.714. The Bertz CT molecular complexity index is 214. The van der Waals surface area contributed by atoms with Gasteiger partial charge in [-0.1, -0.05) is 26.7 Å². The fraction of sp³-hybridized carbons (Fsp3) is 1.00. The van der Waals surface area contributed by atoms with Gasteiger partial charge in [0.05, 0.1) is 13.2 Å². The Labute approximate surface area is 106 Å². The van der Waals surface area contributed by atoms with Crippen LogP contribution in [0.15, 0.2) is 0 Å². The molecule has 100 valence electrons. The Balaban J connectivity index is 1.72. The monoisotopic (exact) mass is 240 g/mol. The first-order chi connectivity index (χ1) is 8.24. The van der Waals surface area contributed by atoms with Gasteiger partial charge in [0.2, 0.25) is 0 Å². The van der Waals surface area contributed by atoms with Crippen LogP contribution in [0.25, 0.3) is 0 Å². The summed E-state index contributed by atoms with van der Waals surface area (Å²) >= 11 is 0. The Hall–Kier alpha value is -0.120. The van der Waals surface area contributed by atoms with Gasteiger partial charge in [0.15, 0.2) is 0 Å². The van der Waals surface area contributed by atoms with Crippen molar-refractivity contribution < 1.29 is 4.74 Å². The summed E-state index contributed by atoms with van der Waals surface area (Å²) in [5, 5.41) is 2.37. The normalized spacial score (nSPS) is 31.9. The first-order valence-electron chi connectivity index (χ1n) is 7.33. The maximum Gasteiger partial charge on any atom is 0.0608 e. The topological polar surface area (TPSA) is 24.5 Å². The van der Waals surface area contributed by atoms with Crippen molar-refractivity contribution in [3.63, 3.8) is 0 Å². The number of nitrogens with one attached hydrogen (secondary N) is 1. The molecule has 0 amide bonds. The lowest BCUT2D eigenvalue weighted by Gasteiger charge is -2.36. The molecule has 0 radical (unpaired) electrons. The smallest absolute Gasteiger partial charge is 0.0608 e. The molecule has 0 aromatic rings. The van der Waals surface area contributed by atoms with Gasteiger partial charge in [-0.25, -0.2) is 5.01 Å². The van der Waals surface area contributed by atoms with E-state index in [2.05, 4.69) is 24.3 Å². The highest BCUT2D eigenvalue weighted by Crippen LogP contribution is 2.29. The third-order valence-corrected chi connectivity index (χ3v) is 3.96. The van der Waals surface area contributed by atoms with Gasteiger partial charge in [-0.15, -0.1) is 0 Å². The highest BCUT2D eigenvalue weighted by molar-refractivity contribution is 4.78. The zero-order valence-corrected chi connectivity index (χ0v) is 11.5. The number of nitrogens with zero attached hydrogens (tertiary/aromatic N) is 1. The van der Waals surface area contributed by atoms with Crippen LogP contribution in [0.5, 0.6) is 0 Å². The molecule has 2 unspecified atom stereocenters. The van der Waals surface area contributed by atoms with E-state index in [0.717, 1.165) is 38.1 Å². The van der Waals surface area contributed by atoms with E-state index in [9.17, 15) is 0 Å². The van der Waals surface area contributed by atoms with E-state index in [1.54, 1.807) is 0 Å². The van der Waals surface area contributed by atoms with E-state index in [-0.39, 0.29) is 0 Å². The Morgan fingerprint density at radius 3 is 2.71 bits per heavy atom. The molecule has 1 saturated heterocycles. The summed E-state index contributed by atoms with van der Waals surface area (Å²) in [5.74, 6) is 1.80. The molecule has 3 heteroatoms. The second-order valence-corrected chi connectivity index (χ2v) is 6.09. The van der Waals surface area contributed by atoms with Crippen LogP contribution in [-0.2, 0) is 4.74 Å². The van der Waals surface area contributed by atoms with Gasteiger partial charge in [-0.05, 0) is 31.1 Å². The highest BCUT2D eigenvalue weighted by Gasteiger charge is 2.24. The van der Waals surface area contributed by atoms with E-state index in [1.807, 2.05) is 0 Å². The van der Waals surface area contributed by atoms with Crippen LogP contribution in [0, 0.1) is 11.8 Å². The van der Waals surface area contributed by atoms with E-state index in [4.69, 9.17) is 4.74 Å². The van der Waals surface area contributed by atoms with Crippen molar-refractivity contribution in [3.8, 4) is 0 Å². The molecule has 2 rings (SSSR count). The van der Waals surface area contributed by atoms with E-state index >= 15 is 0 Å². The van der Waals surface area contributed by atoms with Gasteiger partial charge in [0.25, 0.3) is 0 Å². The summed E-state index contributed by atoms with van der Waals surface area (Å²) in [6.45, 7) is 8.55. The third kappa shape index (κ3) is 4.57. The second kappa shape index (κ2) is 6.72. The first-order valence-corrected chi connectivity index (χ1v) is 7.33. The number of hydrogen-bond donors (Lipinski definition) is 1. The predicted molar refractivity (Wildman–Crippen MR) is 70.7 cm³/mol. The minimum absolute atomic E-state index is 0.714. The van der Waals surface area contributed by atoms with Crippen LogP contribution in [0.2, 0.25) is 0 Å². The fourth-order valence-corrected chi connectivity index (χ4v) is 3.24. The lowest BCUT2D eigenvalue weighted by atomic mass is 9.81. The van der Waals surface area contributed by atoms with Crippen LogP contribution < -0.4 is 5.43 Å². The van der Waals surface area contributed by atoms with Crippen molar-refractivity contribution in [1.82, 2.24) is 10.4 Å². The molecule has 1 aliphatic heterocycles. The molecule has 1 heterocycles. The Morgan fingerprint density at radius 2 is 2.00 bits per heavy atom. The molecule has 0 aromatic carbocycles. The van der Waals surface area contributed by atoms with Gasteiger partial charge in [-0.2, -0.15) is 0 Å². The molecule has 2 aliphatic rings. The standard InChI is InChI=1S/C14H28N2O/c1-12(2)10-13-4-3-5-14(11-13)15-16-6-8-17-9-7-16/h12-15H,3-11H2,1-2H3. The Kier molecular flexibility index (Phi) is 5.26. The third-order valence-electron chi connectivity index (χ3n) is 3.96. The van der Waals surface area contributed by atoms with Crippen LogP contribution in [0.3, 0.4) is 0 Å². The van der Waals surface area contributed by atoms with Crippen molar-refractivity contribution in [3.05, 3.63) is 0 Å². The number of morpholine rings is 1. The van der Waals surface area contributed by atoms with Crippen molar-refractivity contribution >= 4 is 0 Å². The lowest BCUT2D eigenvalue weighted by molar-refractivity contribution is -0.00237. The summed E-state index contributed by atoms with van der Waals surface area (Å²) in [5.41, 5.74) is 3.71. The SMILES string of the molecule is CC(C)CC1CCCC(NN2CCOCC2)C1. The molecule has 1 saturated carbocycles. The van der Waals surface area contributed by atoms with Crippen LogP contribution in [0.1, 0.15) is 46.0 Å². The van der Waals surface area contributed by atoms with Gasteiger partial charge >= 0.3 is 0 Å². The van der Waals surface area contributed by atoms with Crippen molar-refractivity contribution in [2.75, 3.05) is 26.3 Å². The largest absolute Gasteiger partial charge is 0.379 e. The molecule has 0 aromatic heterocycles. The van der Waals surface area contributed by atoms with Gasteiger partial charge in [0.1, 0.15) is 0 Å². The van der Waals surface area contributed by atoms with Gasteiger partial charge in [0, 0.05) is 19.1 Å². The van der Waals surface area contributed by atoms with Crippen LogP contribution in [-0.4, -0.2) is 37.4 Å². The number of hydrazine groups is 1. The Morgan fingerprint density at radius 1 is 1.24 bits per heavy atom. The lowest BCUT2D eigenvalue weighted by Crippen LogP contribution is -2.51. The number of hydrogen-bond acceptors (Lipinski definition) is 3. The average molecular weight is 240 g/mol. The van der Waals surface area contributed by atoms with E-state index in [0.29, 0.717) is 6.04 Å².